The highest BCUT2D eigenvalue weighted by atomic mass is 32.2. The molecule has 0 aliphatic rings. The Morgan fingerprint density at radius 2 is 1.63 bits per heavy atom. The van der Waals surface area contributed by atoms with Crippen LogP contribution in [0.3, 0.4) is 0 Å². The van der Waals surface area contributed by atoms with E-state index in [1.54, 1.807) is 36.4 Å². The van der Waals surface area contributed by atoms with Gasteiger partial charge in [-0.1, -0.05) is 44.2 Å². The van der Waals surface area contributed by atoms with Gasteiger partial charge in [0.25, 0.3) is 0 Å². The molecule has 2 rings (SSSR count). The highest BCUT2D eigenvalue weighted by Gasteiger charge is 2.25. The van der Waals surface area contributed by atoms with E-state index < -0.39 is 10.0 Å². The molecule has 0 aromatic heterocycles. The van der Waals surface area contributed by atoms with Gasteiger partial charge in [-0.25, -0.2) is 8.42 Å². The van der Waals surface area contributed by atoms with Crippen molar-refractivity contribution in [1.29, 1.82) is 0 Å². The number of carbonyl (C=O) groups is 1. The van der Waals surface area contributed by atoms with Gasteiger partial charge in [-0.3, -0.25) is 9.10 Å². The maximum absolute atomic E-state index is 12.4. The minimum absolute atomic E-state index is 0.0604. The van der Waals surface area contributed by atoms with E-state index in [4.69, 9.17) is 4.74 Å². The van der Waals surface area contributed by atoms with Crippen molar-refractivity contribution in [3.05, 3.63) is 54.6 Å². The predicted molar refractivity (Wildman–Crippen MR) is 108 cm³/mol. The third kappa shape index (κ3) is 5.99. The first-order valence-electron chi connectivity index (χ1n) is 8.77. The molecule has 0 radical (unpaired) electrons. The average molecular weight is 391 g/mol. The van der Waals surface area contributed by atoms with E-state index in [9.17, 15) is 13.2 Å². The fourth-order valence-corrected chi connectivity index (χ4v) is 3.20. The monoisotopic (exact) mass is 390 g/mol. The summed E-state index contributed by atoms with van der Waals surface area (Å²) in [4.78, 5) is 12.4. The number of para-hydroxylation sites is 3. The molecule has 2 aromatic carbocycles. The minimum Gasteiger partial charge on any atom is -0.455 e. The lowest BCUT2D eigenvalue weighted by molar-refractivity contribution is -0.120. The van der Waals surface area contributed by atoms with Crippen LogP contribution in [-0.4, -0.2) is 33.2 Å². The fraction of sp³-hybridized carbons (Fsp3) is 0.350. The summed E-state index contributed by atoms with van der Waals surface area (Å²) in [5.41, 5.74) is 0.316. The van der Waals surface area contributed by atoms with Crippen molar-refractivity contribution in [3.63, 3.8) is 0 Å². The van der Waals surface area contributed by atoms with Gasteiger partial charge in [0, 0.05) is 6.04 Å². The Morgan fingerprint density at radius 1 is 1.04 bits per heavy atom. The van der Waals surface area contributed by atoms with Crippen LogP contribution in [0.15, 0.2) is 54.6 Å². The second-order valence-electron chi connectivity index (χ2n) is 6.75. The molecule has 0 aliphatic heterocycles. The van der Waals surface area contributed by atoms with Crippen molar-refractivity contribution in [3.8, 4) is 11.5 Å². The Hall–Kier alpha value is -2.54. The molecular formula is C20H26N2O4S. The van der Waals surface area contributed by atoms with E-state index in [2.05, 4.69) is 5.32 Å². The van der Waals surface area contributed by atoms with Gasteiger partial charge < -0.3 is 10.1 Å². The van der Waals surface area contributed by atoms with Crippen LogP contribution in [0.5, 0.6) is 11.5 Å². The molecule has 0 aliphatic carbocycles. The van der Waals surface area contributed by atoms with Crippen molar-refractivity contribution in [1.82, 2.24) is 5.32 Å². The largest absolute Gasteiger partial charge is 0.455 e. The third-order valence-corrected chi connectivity index (χ3v) is 5.31. The van der Waals surface area contributed by atoms with E-state index >= 15 is 0 Å². The van der Waals surface area contributed by atoms with Gasteiger partial charge in [-0.05, 0) is 37.1 Å². The second kappa shape index (κ2) is 8.90. The maximum Gasteiger partial charge on any atom is 0.240 e. The molecule has 146 valence electrons. The highest BCUT2D eigenvalue weighted by Crippen LogP contribution is 2.33. The normalized spacial score (nSPS) is 12.5. The van der Waals surface area contributed by atoms with Gasteiger partial charge in [0.1, 0.15) is 12.3 Å². The highest BCUT2D eigenvalue weighted by molar-refractivity contribution is 7.92. The van der Waals surface area contributed by atoms with Crippen LogP contribution in [0.1, 0.15) is 20.8 Å². The molecule has 0 spiro atoms. The number of rotatable bonds is 8. The Balaban J connectivity index is 2.31. The number of nitrogens with one attached hydrogen (secondary N) is 1. The third-order valence-electron chi connectivity index (χ3n) is 4.18. The van der Waals surface area contributed by atoms with E-state index in [1.807, 2.05) is 39.0 Å². The molecule has 1 unspecified atom stereocenters. The molecule has 7 heteroatoms. The summed E-state index contributed by atoms with van der Waals surface area (Å²) in [5.74, 6) is 0.820. The number of anilines is 1. The number of sulfonamides is 1. The molecule has 0 saturated carbocycles. The molecule has 27 heavy (non-hydrogen) atoms. The van der Waals surface area contributed by atoms with Gasteiger partial charge in [0.2, 0.25) is 15.9 Å². The van der Waals surface area contributed by atoms with Gasteiger partial charge in [0.15, 0.2) is 5.75 Å². The predicted octanol–water partition coefficient (Wildman–Crippen LogP) is 3.41. The summed E-state index contributed by atoms with van der Waals surface area (Å²) in [6.07, 6.45) is 1.07. The van der Waals surface area contributed by atoms with Crippen LogP contribution < -0.4 is 14.4 Å². The lowest BCUT2D eigenvalue weighted by Gasteiger charge is -2.25. The van der Waals surface area contributed by atoms with Crippen molar-refractivity contribution < 1.29 is 17.9 Å². The second-order valence-corrected chi connectivity index (χ2v) is 8.66. The molecule has 6 nitrogen and oxygen atoms in total. The Labute approximate surface area is 161 Å². The zero-order valence-electron chi connectivity index (χ0n) is 16.0. The van der Waals surface area contributed by atoms with Crippen LogP contribution in [0, 0.1) is 5.92 Å². The minimum atomic E-state index is -3.69. The smallest absolute Gasteiger partial charge is 0.240 e. The summed E-state index contributed by atoms with van der Waals surface area (Å²) in [5, 5.41) is 2.83. The number of nitrogens with zero attached hydrogens (tertiary/aromatic N) is 1. The Bertz CT molecular complexity index is 867. The summed E-state index contributed by atoms with van der Waals surface area (Å²) in [6.45, 7) is 5.55. The summed E-state index contributed by atoms with van der Waals surface area (Å²) >= 11 is 0. The lowest BCUT2D eigenvalue weighted by atomic mass is 10.1. The first-order chi connectivity index (χ1) is 12.7. The SMILES string of the molecule is CC(C)C(C)NC(=O)CN(c1ccccc1Oc1ccccc1)S(C)(=O)=O. The molecule has 0 fully saturated rings. The van der Waals surface area contributed by atoms with Crippen LogP contribution in [0.4, 0.5) is 5.69 Å². The topological polar surface area (TPSA) is 75.7 Å². The van der Waals surface area contributed by atoms with Crippen molar-refractivity contribution >= 4 is 21.6 Å². The summed E-state index contributed by atoms with van der Waals surface area (Å²) in [6, 6.07) is 15.8. The van der Waals surface area contributed by atoms with Crippen molar-refractivity contribution in [2.75, 3.05) is 17.1 Å². The van der Waals surface area contributed by atoms with Crippen LogP contribution in [-0.2, 0) is 14.8 Å². The van der Waals surface area contributed by atoms with E-state index in [1.165, 1.54) is 0 Å². The number of hydrogen-bond donors (Lipinski definition) is 1. The van der Waals surface area contributed by atoms with Crippen LogP contribution in [0.2, 0.25) is 0 Å². The lowest BCUT2D eigenvalue weighted by Crippen LogP contribution is -2.44. The molecule has 1 atom stereocenters. The van der Waals surface area contributed by atoms with Gasteiger partial charge in [-0.15, -0.1) is 0 Å². The number of ether oxygens (including phenoxy) is 1. The van der Waals surface area contributed by atoms with E-state index in [0.29, 0.717) is 17.2 Å². The van der Waals surface area contributed by atoms with Crippen molar-refractivity contribution in [2.24, 2.45) is 5.92 Å². The van der Waals surface area contributed by atoms with E-state index in [-0.39, 0.29) is 24.4 Å². The average Bonchev–Trinajstić information content (AvgIpc) is 2.60. The molecule has 1 amide bonds. The molecule has 0 heterocycles. The van der Waals surface area contributed by atoms with Gasteiger partial charge in [0.05, 0.1) is 11.9 Å². The Morgan fingerprint density at radius 3 is 2.22 bits per heavy atom. The number of hydrogen-bond acceptors (Lipinski definition) is 4. The zero-order chi connectivity index (χ0) is 20.0. The molecular weight excluding hydrogens is 364 g/mol. The molecule has 1 N–H and O–H groups in total. The van der Waals surface area contributed by atoms with Gasteiger partial charge >= 0.3 is 0 Å². The fourth-order valence-electron chi connectivity index (χ4n) is 2.34. The first kappa shape index (κ1) is 20.8. The number of carbonyl (C=O) groups excluding carboxylic acids is 1. The number of benzene rings is 2. The first-order valence-corrected chi connectivity index (χ1v) is 10.6. The molecule has 0 saturated heterocycles. The maximum atomic E-state index is 12.4. The van der Waals surface area contributed by atoms with Gasteiger partial charge in [-0.2, -0.15) is 0 Å². The summed E-state index contributed by atoms with van der Waals surface area (Å²) < 4.78 is 31.7. The quantitative estimate of drug-likeness (QED) is 0.749. The standard InChI is InChI=1S/C20H26N2O4S/c1-15(2)16(3)21-20(23)14-22(27(4,24)25)18-12-8-9-13-19(18)26-17-10-6-5-7-11-17/h5-13,15-16H,14H2,1-4H3,(H,21,23). The molecule has 2 aromatic rings. The Kier molecular flexibility index (Phi) is 6.85. The van der Waals surface area contributed by atoms with E-state index in [0.717, 1.165) is 10.6 Å². The number of amides is 1. The summed E-state index contributed by atoms with van der Waals surface area (Å²) in [7, 11) is -3.69. The van der Waals surface area contributed by atoms with Crippen molar-refractivity contribution in [2.45, 2.75) is 26.8 Å². The van der Waals surface area contributed by atoms with Crippen LogP contribution >= 0.6 is 0 Å². The molecule has 0 bridgehead atoms. The zero-order valence-corrected chi connectivity index (χ0v) is 16.9. The van der Waals surface area contributed by atoms with Crippen LogP contribution in [0.25, 0.3) is 0 Å².